The van der Waals surface area contributed by atoms with Crippen molar-refractivity contribution in [2.24, 2.45) is 44.6 Å². The summed E-state index contributed by atoms with van der Waals surface area (Å²) in [5.41, 5.74) is 28.9. The summed E-state index contributed by atoms with van der Waals surface area (Å²) in [7, 11) is 0. The Hall–Kier alpha value is -4.86. The van der Waals surface area contributed by atoms with Crippen LogP contribution in [0.2, 0.25) is 0 Å². The molecule has 1 aromatic heterocycles. The number of guanidine groups is 2. The first kappa shape index (κ1) is 35.3. The van der Waals surface area contributed by atoms with E-state index >= 15 is 0 Å². The fourth-order valence-electron chi connectivity index (χ4n) is 4.47. The van der Waals surface area contributed by atoms with E-state index < -0.39 is 47.9 Å². The van der Waals surface area contributed by atoms with Gasteiger partial charge < -0.3 is 54.7 Å². The molecule has 4 atom stereocenters. The van der Waals surface area contributed by atoms with Gasteiger partial charge in [-0.1, -0.05) is 32.0 Å². The molecule has 16 heteroatoms. The number of aromatic amines is 1. The molecule has 3 amide bonds. The van der Waals surface area contributed by atoms with Gasteiger partial charge in [0, 0.05) is 36.6 Å². The number of nitrogens with two attached hydrogens (primary N) is 5. The lowest BCUT2D eigenvalue weighted by molar-refractivity contribution is -0.142. The van der Waals surface area contributed by atoms with Gasteiger partial charge in [-0.15, -0.1) is 0 Å². The Bertz CT molecular complexity index is 1330. The van der Waals surface area contributed by atoms with Crippen molar-refractivity contribution < 1.29 is 24.3 Å². The topological polar surface area (TPSA) is 295 Å². The number of aliphatic carboxylic acids is 1. The third-order valence-corrected chi connectivity index (χ3v) is 6.84. The fraction of sp³-hybridized carbons (Fsp3) is 0.500. The molecular weight excluding hydrogens is 570 g/mol. The maximum atomic E-state index is 13.5. The number of hydrogen-bond acceptors (Lipinski definition) is 7. The van der Waals surface area contributed by atoms with Crippen LogP contribution in [-0.4, -0.2) is 83.0 Å². The minimum Gasteiger partial charge on any atom is -0.480 e. The first-order valence-electron chi connectivity index (χ1n) is 14.3. The Labute approximate surface area is 255 Å². The number of H-pyrrole nitrogens is 1. The van der Waals surface area contributed by atoms with Crippen molar-refractivity contribution in [1.29, 1.82) is 0 Å². The van der Waals surface area contributed by atoms with E-state index in [0.717, 1.165) is 16.5 Å². The molecule has 0 aliphatic carbocycles. The second-order valence-electron chi connectivity index (χ2n) is 10.8. The maximum absolute atomic E-state index is 13.5. The second kappa shape index (κ2) is 17.3. The zero-order valence-corrected chi connectivity index (χ0v) is 25.1. The molecule has 0 bridgehead atoms. The van der Waals surface area contributed by atoms with Crippen LogP contribution < -0.4 is 44.6 Å². The molecule has 242 valence electrons. The number of nitrogens with zero attached hydrogens (tertiary/aromatic N) is 2. The summed E-state index contributed by atoms with van der Waals surface area (Å²) in [6.07, 6.45) is 2.85. The van der Waals surface area contributed by atoms with E-state index in [1.807, 2.05) is 24.3 Å². The van der Waals surface area contributed by atoms with Crippen LogP contribution in [0.25, 0.3) is 10.9 Å². The van der Waals surface area contributed by atoms with E-state index in [2.05, 4.69) is 30.9 Å². The smallest absolute Gasteiger partial charge is 0.326 e. The summed E-state index contributed by atoms with van der Waals surface area (Å²) < 4.78 is 0. The van der Waals surface area contributed by atoms with Gasteiger partial charge in [0.15, 0.2) is 11.9 Å². The molecule has 44 heavy (non-hydrogen) atoms. The average molecular weight is 616 g/mol. The molecule has 0 saturated heterocycles. The van der Waals surface area contributed by atoms with E-state index in [9.17, 15) is 24.3 Å². The van der Waals surface area contributed by atoms with Crippen molar-refractivity contribution in [1.82, 2.24) is 20.9 Å². The van der Waals surface area contributed by atoms with Crippen LogP contribution in [0.1, 0.15) is 45.1 Å². The number of para-hydroxylation sites is 1. The number of nitrogens with one attached hydrogen (secondary N) is 4. The largest absolute Gasteiger partial charge is 0.480 e. The number of fused-ring (bicyclic) bond motifs is 1. The fourth-order valence-corrected chi connectivity index (χ4v) is 4.47. The van der Waals surface area contributed by atoms with Gasteiger partial charge in [-0.25, -0.2) is 4.79 Å². The molecule has 2 rings (SSSR count). The van der Waals surface area contributed by atoms with Crippen LogP contribution in [0.4, 0.5) is 0 Å². The van der Waals surface area contributed by atoms with E-state index in [1.165, 1.54) is 0 Å². The Kier molecular flexibility index (Phi) is 13.9. The van der Waals surface area contributed by atoms with Crippen LogP contribution in [0, 0.1) is 5.92 Å². The maximum Gasteiger partial charge on any atom is 0.326 e. The van der Waals surface area contributed by atoms with Crippen LogP contribution in [0.15, 0.2) is 40.4 Å². The number of carboxylic acid groups (broad SMARTS) is 1. The molecule has 0 aliphatic rings. The standard InChI is InChI=1S/C28H45N11O5/c1-15(2)22(39-23(40)18(29)8-5-11-34-27(30)31)25(42)38-21(13-16-14-36-19-9-4-3-7-17(16)19)24(41)37-20(26(43)44)10-6-12-35-28(32)33/h3-4,7,9,14-15,18,20-22,36H,5-6,8,10-13,29H2,1-2H3,(H,37,41)(H,38,42)(H,39,40)(H,43,44)(H4,30,31,34)(H4,32,33,35). The van der Waals surface area contributed by atoms with Crippen molar-refractivity contribution in [2.45, 2.75) is 70.1 Å². The summed E-state index contributed by atoms with van der Waals surface area (Å²) in [5.74, 6) is -3.68. The lowest BCUT2D eigenvalue weighted by atomic mass is 9.99. The highest BCUT2D eigenvalue weighted by molar-refractivity contribution is 5.95. The van der Waals surface area contributed by atoms with Gasteiger partial charge in [0.05, 0.1) is 6.04 Å². The van der Waals surface area contributed by atoms with Crippen molar-refractivity contribution in [3.8, 4) is 0 Å². The minimum absolute atomic E-state index is 0.0466. The minimum atomic E-state index is -1.25. The summed E-state index contributed by atoms with van der Waals surface area (Å²) in [4.78, 5) is 62.6. The first-order chi connectivity index (χ1) is 20.8. The van der Waals surface area contributed by atoms with Gasteiger partial charge in [0.1, 0.15) is 18.1 Å². The zero-order chi connectivity index (χ0) is 32.8. The van der Waals surface area contributed by atoms with Gasteiger partial charge >= 0.3 is 5.97 Å². The van der Waals surface area contributed by atoms with Gasteiger partial charge in [-0.2, -0.15) is 0 Å². The number of benzene rings is 1. The number of aliphatic imine (C=N–C) groups is 2. The van der Waals surface area contributed by atoms with Gasteiger partial charge in [-0.3, -0.25) is 24.4 Å². The Morgan fingerprint density at radius 1 is 0.841 bits per heavy atom. The zero-order valence-electron chi connectivity index (χ0n) is 25.1. The van der Waals surface area contributed by atoms with Crippen molar-refractivity contribution in [3.63, 3.8) is 0 Å². The van der Waals surface area contributed by atoms with Crippen LogP contribution in [0.5, 0.6) is 0 Å². The first-order valence-corrected chi connectivity index (χ1v) is 14.3. The van der Waals surface area contributed by atoms with Gasteiger partial charge in [0.25, 0.3) is 0 Å². The molecule has 15 N–H and O–H groups in total. The second-order valence-corrected chi connectivity index (χ2v) is 10.8. The molecule has 1 aromatic carbocycles. The summed E-state index contributed by atoms with van der Waals surface area (Å²) in [6, 6.07) is 3.06. The van der Waals surface area contributed by atoms with Crippen LogP contribution in [-0.2, 0) is 25.6 Å². The van der Waals surface area contributed by atoms with Gasteiger partial charge in [0.2, 0.25) is 17.7 Å². The molecule has 0 spiro atoms. The summed E-state index contributed by atoms with van der Waals surface area (Å²) in [6.45, 7) is 3.96. The Morgan fingerprint density at radius 3 is 2.02 bits per heavy atom. The van der Waals surface area contributed by atoms with Crippen LogP contribution >= 0.6 is 0 Å². The van der Waals surface area contributed by atoms with Crippen LogP contribution in [0.3, 0.4) is 0 Å². The number of carboxylic acids is 1. The summed E-state index contributed by atoms with van der Waals surface area (Å²) >= 11 is 0. The third-order valence-electron chi connectivity index (χ3n) is 6.84. The summed E-state index contributed by atoms with van der Waals surface area (Å²) in [5, 5.41) is 18.5. The normalized spacial score (nSPS) is 13.7. The third kappa shape index (κ3) is 11.4. The number of carbonyl (C=O) groups excluding carboxylic acids is 3. The predicted octanol–water partition coefficient (Wildman–Crippen LogP) is -1.66. The van der Waals surface area contributed by atoms with E-state index in [1.54, 1.807) is 20.0 Å². The highest BCUT2D eigenvalue weighted by atomic mass is 16.4. The highest BCUT2D eigenvalue weighted by Gasteiger charge is 2.32. The molecule has 16 nitrogen and oxygen atoms in total. The number of aromatic nitrogens is 1. The SMILES string of the molecule is CC(C)C(NC(=O)C(N)CCCN=C(N)N)C(=O)NC(Cc1c[nH]c2ccccc12)C(=O)NC(CCCN=C(N)N)C(=O)O. The molecule has 0 fully saturated rings. The lowest BCUT2D eigenvalue weighted by Crippen LogP contribution is -2.58. The van der Waals surface area contributed by atoms with Crippen molar-refractivity contribution in [2.75, 3.05) is 13.1 Å². The number of carbonyl (C=O) groups is 4. The van der Waals surface area contributed by atoms with E-state index in [4.69, 9.17) is 28.7 Å². The molecule has 4 unspecified atom stereocenters. The molecular formula is C28H45N11O5. The molecule has 0 radical (unpaired) electrons. The number of hydrogen-bond donors (Lipinski definition) is 10. The quantitative estimate of drug-likeness (QED) is 0.0517. The Morgan fingerprint density at radius 2 is 1.43 bits per heavy atom. The predicted molar refractivity (Wildman–Crippen MR) is 168 cm³/mol. The van der Waals surface area contributed by atoms with E-state index in [-0.39, 0.29) is 43.6 Å². The molecule has 2 aromatic rings. The average Bonchev–Trinajstić information content (AvgIpc) is 3.36. The van der Waals surface area contributed by atoms with E-state index in [0.29, 0.717) is 19.4 Å². The van der Waals surface area contributed by atoms with Crippen molar-refractivity contribution in [3.05, 3.63) is 36.0 Å². The molecule has 0 saturated carbocycles. The van der Waals surface area contributed by atoms with Gasteiger partial charge in [-0.05, 0) is 43.2 Å². The highest BCUT2D eigenvalue weighted by Crippen LogP contribution is 2.19. The van der Waals surface area contributed by atoms with Crippen molar-refractivity contribution >= 4 is 46.5 Å². The lowest BCUT2D eigenvalue weighted by Gasteiger charge is -2.27. The Balaban J connectivity index is 2.22. The number of amides is 3. The molecule has 0 aliphatic heterocycles. The monoisotopic (exact) mass is 615 g/mol. The number of rotatable bonds is 18. The molecule has 1 heterocycles.